The molecule has 2 heterocycles. The van der Waals surface area contributed by atoms with Crippen LogP contribution in [-0.2, 0) is 21.2 Å². The maximum atomic E-state index is 12.5. The zero-order valence-electron chi connectivity index (χ0n) is 14.3. The lowest BCUT2D eigenvalue weighted by atomic mass is 10.1. The van der Waals surface area contributed by atoms with Crippen LogP contribution in [0.15, 0.2) is 33.5 Å². The molecule has 138 valence electrons. The van der Waals surface area contributed by atoms with Crippen molar-refractivity contribution in [2.24, 2.45) is 0 Å². The van der Waals surface area contributed by atoms with Gasteiger partial charge in [-0.05, 0) is 30.5 Å². The minimum absolute atomic E-state index is 0.0107. The average Bonchev–Trinajstić information content (AvgIpc) is 2.79. The Morgan fingerprint density at radius 1 is 1.19 bits per heavy atom. The Morgan fingerprint density at radius 2 is 1.92 bits per heavy atom. The molecule has 1 aliphatic rings. The molecule has 1 saturated heterocycles. The fourth-order valence-corrected chi connectivity index (χ4v) is 3.56. The van der Waals surface area contributed by atoms with Gasteiger partial charge >= 0.3 is 11.7 Å². The van der Waals surface area contributed by atoms with E-state index in [-0.39, 0.29) is 18.7 Å². The molecule has 2 aromatic rings. The summed E-state index contributed by atoms with van der Waals surface area (Å²) in [5, 5.41) is 3.12. The summed E-state index contributed by atoms with van der Waals surface area (Å²) in [5.74, 6) is -0.707. The summed E-state index contributed by atoms with van der Waals surface area (Å²) in [6.07, 6.45) is 1.08. The maximum Gasteiger partial charge on any atom is 0.336 e. The molecule has 0 saturated carbocycles. The molecule has 1 aromatic carbocycles. The van der Waals surface area contributed by atoms with Crippen molar-refractivity contribution in [3.05, 3.63) is 45.8 Å². The highest BCUT2D eigenvalue weighted by atomic mass is 32.2. The van der Waals surface area contributed by atoms with E-state index in [9.17, 15) is 22.8 Å². The van der Waals surface area contributed by atoms with E-state index in [1.807, 2.05) is 13.0 Å². The van der Waals surface area contributed by atoms with Crippen molar-refractivity contribution in [3.8, 4) is 0 Å². The van der Waals surface area contributed by atoms with Crippen molar-refractivity contribution in [1.29, 1.82) is 0 Å². The molecule has 1 fully saturated rings. The third-order valence-electron chi connectivity index (χ3n) is 4.20. The number of benzene rings is 1. The van der Waals surface area contributed by atoms with Gasteiger partial charge in [0.05, 0.1) is 12.3 Å². The molecule has 0 bridgehead atoms. The summed E-state index contributed by atoms with van der Waals surface area (Å²) < 4.78 is 27.7. The number of urea groups is 1. The summed E-state index contributed by atoms with van der Waals surface area (Å²) in [6.45, 7) is 1.77. The summed E-state index contributed by atoms with van der Waals surface area (Å²) >= 11 is 0. The van der Waals surface area contributed by atoms with Crippen LogP contribution in [-0.4, -0.2) is 43.3 Å². The fraction of sp³-hybridized carbons (Fsp3) is 0.353. The van der Waals surface area contributed by atoms with Gasteiger partial charge in [0.1, 0.15) is 21.5 Å². The molecule has 1 aromatic heterocycles. The van der Waals surface area contributed by atoms with E-state index < -0.39 is 33.4 Å². The predicted octanol–water partition coefficient (Wildman–Crippen LogP) is 0.957. The van der Waals surface area contributed by atoms with Crippen LogP contribution in [0.4, 0.5) is 4.79 Å². The van der Waals surface area contributed by atoms with Crippen molar-refractivity contribution >= 4 is 32.7 Å². The number of aryl methyl sites for hydroxylation is 1. The molecule has 8 nitrogen and oxygen atoms in total. The number of carbonyl (C=O) groups excluding carboxylic acids is 2. The molecule has 0 spiro atoms. The van der Waals surface area contributed by atoms with Crippen LogP contribution in [0.5, 0.6) is 0 Å². The van der Waals surface area contributed by atoms with Crippen LogP contribution < -0.4 is 10.9 Å². The number of hydrogen-bond acceptors (Lipinski definition) is 6. The standard InChI is InChI=1S/C17H18N2O6S/c1-10-3-4-12-11(8-15(20)25-14(12)7-10)9-19-16(21)13(18-17(19)22)5-6-26(2,23)24/h3-4,7-8,13H,5-6,9H2,1-2H3,(H,18,22)/t13-/m1/s1. The first kappa shape index (κ1) is 18.1. The number of fused-ring (bicyclic) bond motifs is 1. The van der Waals surface area contributed by atoms with Crippen molar-refractivity contribution in [1.82, 2.24) is 10.2 Å². The molecule has 0 unspecified atom stereocenters. The van der Waals surface area contributed by atoms with Crippen LogP contribution >= 0.6 is 0 Å². The van der Waals surface area contributed by atoms with Gasteiger partial charge in [0, 0.05) is 17.7 Å². The number of sulfone groups is 1. The summed E-state index contributed by atoms with van der Waals surface area (Å²) in [6, 6.07) is 5.07. The Bertz CT molecular complexity index is 1060. The molecule has 3 rings (SSSR count). The molecule has 0 radical (unpaired) electrons. The van der Waals surface area contributed by atoms with Gasteiger partial charge in [-0.1, -0.05) is 12.1 Å². The van der Waals surface area contributed by atoms with E-state index in [4.69, 9.17) is 4.42 Å². The van der Waals surface area contributed by atoms with E-state index in [2.05, 4.69) is 5.32 Å². The van der Waals surface area contributed by atoms with E-state index in [0.717, 1.165) is 16.7 Å². The minimum atomic E-state index is -3.24. The van der Waals surface area contributed by atoms with E-state index in [0.29, 0.717) is 16.5 Å². The van der Waals surface area contributed by atoms with Gasteiger partial charge in [-0.2, -0.15) is 0 Å². The highest BCUT2D eigenvalue weighted by Gasteiger charge is 2.38. The van der Waals surface area contributed by atoms with E-state index in [1.165, 1.54) is 6.07 Å². The molecule has 0 aliphatic carbocycles. The lowest BCUT2D eigenvalue weighted by Crippen LogP contribution is -2.32. The molecule has 26 heavy (non-hydrogen) atoms. The largest absolute Gasteiger partial charge is 0.423 e. The summed E-state index contributed by atoms with van der Waals surface area (Å²) in [4.78, 5) is 37.4. The van der Waals surface area contributed by atoms with Gasteiger partial charge in [0.2, 0.25) is 0 Å². The summed E-state index contributed by atoms with van der Waals surface area (Å²) in [5.41, 5.74) is 1.21. The van der Waals surface area contributed by atoms with Crippen molar-refractivity contribution < 1.29 is 22.4 Å². The van der Waals surface area contributed by atoms with Crippen LogP contribution in [0.25, 0.3) is 11.0 Å². The van der Waals surface area contributed by atoms with Crippen molar-refractivity contribution in [3.63, 3.8) is 0 Å². The Balaban J connectivity index is 1.87. The smallest absolute Gasteiger partial charge is 0.336 e. The lowest BCUT2D eigenvalue weighted by Gasteiger charge is -2.14. The Hall–Kier alpha value is -2.68. The fourth-order valence-electron chi connectivity index (χ4n) is 2.89. The predicted molar refractivity (Wildman–Crippen MR) is 94.4 cm³/mol. The van der Waals surface area contributed by atoms with E-state index in [1.54, 1.807) is 12.1 Å². The first-order valence-corrected chi connectivity index (χ1v) is 10.0. The van der Waals surface area contributed by atoms with Crippen molar-refractivity contribution in [2.75, 3.05) is 12.0 Å². The van der Waals surface area contributed by atoms with Crippen LogP contribution in [0.2, 0.25) is 0 Å². The molecule has 1 atom stereocenters. The lowest BCUT2D eigenvalue weighted by molar-refractivity contribution is -0.127. The highest BCUT2D eigenvalue weighted by molar-refractivity contribution is 7.90. The quantitative estimate of drug-likeness (QED) is 0.612. The van der Waals surface area contributed by atoms with Crippen molar-refractivity contribution in [2.45, 2.75) is 25.9 Å². The third-order valence-corrected chi connectivity index (χ3v) is 5.18. The normalized spacial score (nSPS) is 17.8. The minimum Gasteiger partial charge on any atom is -0.423 e. The Labute approximate surface area is 149 Å². The number of carbonyl (C=O) groups is 2. The van der Waals surface area contributed by atoms with Gasteiger partial charge in [0.15, 0.2) is 0 Å². The SMILES string of the molecule is Cc1ccc2c(CN3C(=O)N[C@H](CCS(C)(=O)=O)C3=O)cc(=O)oc2c1. The molecular formula is C17H18N2O6S. The van der Waals surface area contributed by atoms with Gasteiger partial charge < -0.3 is 9.73 Å². The van der Waals surface area contributed by atoms with Gasteiger partial charge in [-0.3, -0.25) is 9.69 Å². The number of rotatable bonds is 5. The zero-order valence-corrected chi connectivity index (χ0v) is 15.1. The second-order valence-electron chi connectivity index (χ2n) is 6.44. The molecule has 1 N–H and O–H groups in total. The first-order chi connectivity index (χ1) is 12.1. The third kappa shape index (κ3) is 3.77. The van der Waals surface area contributed by atoms with Crippen LogP contribution in [0, 0.1) is 6.92 Å². The highest BCUT2D eigenvalue weighted by Crippen LogP contribution is 2.22. The number of amides is 3. The molecule has 3 amide bonds. The van der Waals surface area contributed by atoms with Gasteiger partial charge in [-0.15, -0.1) is 0 Å². The van der Waals surface area contributed by atoms with E-state index >= 15 is 0 Å². The monoisotopic (exact) mass is 378 g/mol. The topological polar surface area (TPSA) is 114 Å². The summed E-state index contributed by atoms with van der Waals surface area (Å²) in [7, 11) is -3.24. The second kappa shape index (κ2) is 6.56. The number of nitrogens with one attached hydrogen (secondary N) is 1. The Kier molecular flexibility index (Phi) is 4.57. The van der Waals surface area contributed by atoms with Crippen LogP contribution in [0.3, 0.4) is 0 Å². The second-order valence-corrected chi connectivity index (χ2v) is 8.70. The van der Waals surface area contributed by atoms with Crippen LogP contribution in [0.1, 0.15) is 17.5 Å². The number of hydrogen-bond donors (Lipinski definition) is 1. The molecule has 1 aliphatic heterocycles. The first-order valence-electron chi connectivity index (χ1n) is 7.97. The molecule has 9 heteroatoms. The Morgan fingerprint density at radius 3 is 2.62 bits per heavy atom. The average molecular weight is 378 g/mol. The van der Waals surface area contributed by atoms with Gasteiger partial charge in [-0.25, -0.2) is 18.0 Å². The maximum absolute atomic E-state index is 12.5. The van der Waals surface area contributed by atoms with Gasteiger partial charge in [0.25, 0.3) is 5.91 Å². The number of nitrogens with zero attached hydrogens (tertiary/aromatic N) is 1. The zero-order chi connectivity index (χ0) is 19.1. The number of imide groups is 1. The molecular weight excluding hydrogens is 360 g/mol.